The number of rotatable bonds is 3. The van der Waals surface area contributed by atoms with Crippen LogP contribution in [0.4, 0.5) is 4.79 Å². The van der Waals surface area contributed by atoms with E-state index in [0.29, 0.717) is 13.1 Å². The second-order valence-corrected chi connectivity index (χ2v) is 6.54. The number of amides is 1. The highest BCUT2D eigenvalue weighted by Gasteiger charge is 2.50. The molecule has 1 aromatic carbocycles. The van der Waals surface area contributed by atoms with Gasteiger partial charge in [0.25, 0.3) is 0 Å². The average molecular weight is 305 g/mol. The lowest BCUT2D eigenvalue weighted by Crippen LogP contribution is -2.61. The smallest absolute Gasteiger partial charge is 0.410 e. The van der Waals surface area contributed by atoms with Crippen molar-refractivity contribution in [2.75, 3.05) is 19.7 Å². The minimum atomic E-state index is -0.576. The third-order valence-electron chi connectivity index (χ3n) is 5.06. The number of nitrogens with zero attached hydrogens (tertiary/aromatic N) is 1. The molecule has 2 bridgehead atoms. The standard InChI is InChI=1S/C17H23NO4/c19-12-17-8-4-7-14(15(17)20)9-18(11-17)16(21)22-10-13-5-2-1-3-6-13/h1-3,5-6,14-15,19-20H,4,7-12H2. The SMILES string of the molecule is O=C(OCc1ccccc1)N1CC2CCCC(CO)(C1)C2O. The number of piperidine rings is 1. The van der Waals surface area contributed by atoms with E-state index in [1.165, 1.54) is 0 Å². The van der Waals surface area contributed by atoms with Crippen molar-refractivity contribution in [2.24, 2.45) is 11.3 Å². The van der Waals surface area contributed by atoms with E-state index < -0.39 is 11.5 Å². The van der Waals surface area contributed by atoms with Crippen molar-refractivity contribution in [2.45, 2.75) is 32.0 Å². The number of carbonyl (C=O) groups is 1. The van der Waals surface area contributed by atoms with Crippen LogP contribution in [0.2, 0.25) is 0 Å². The monoisotopic (exact) mass is 305 g/mol. The molecule has 22 heavy (non-hydrogen) atoms. The molecule has 0 radical (unpaired) electrons. The van der Waals surface area contributed by atoms with Gasteiger partial charge in [0.05, 0.1) is 12.7 Å². The highest BCUT2D eigenvalue weighted by atomic mass is 16.6. The minimum absolute atomic E-state index is 0.0407. The molecule has 1 amide bonds. The van der Waals surface area contributed by atoms with E-state index in [4.69, 9.17) is 4.74 Å². The molecule has 5 nitrogen and oxygen atoms in total. The largest absolute Gasteiger partial charge is 0.445 e. The zero-order valence-corrected chi connectivity index (χ0v) is 12.6. The number of fused-ring (bicyclic) bond motifs is 2. The Morgan fingerprint density at radius 2 is 2.14 bits per heavy atom. The summed E-state index contributed by atoms with van der Waals surface area (Å²) in [7, 11) is 0. The summed E-state index contributed by atoms with van der Waals surface area (Å²) in [6.07, 6.45) is 1.76. The molecule has 1 saturated carbocycles. The zero-order chi connectivity index (χ0) is 15.6. The molecule has 0 spiro atoms. The topological polar surface area (TPSA) is 70.0 Å². The van der Waals surface area contributed by atoms with Gasteiger partial charge in [0.2, 0.25) is 0 Å². The molecule has 2 fully saturated rings. The second-order valence-electron chi connectivity index (χ2n) is 6.54. The van der Waals surface area contributed by atoms with Crippen LogP contribution in [0.15, 0.2) is 30.3 Å². The Kier molecular flexibility index (Phi) is 4.36. The van der Waals surface area contributed by atoms with E-state index in [2.05, 4.69) is 0 Å². The summed E-state index contributed by atoms with van der Waals surface area (Å²) >= 11 is 0. The Labute approximate surface area is 130 Å². The Morgan fingerprint density at radius 3 is 2.86 bits per heavy atom. The average Bonchev–Trinajstić information content (AvgIpc) is 2.54. The number of aliphatic hydroxyl groups excluding tert-OH is 2. The number of likely N-dealkylation sites (tertiary alicyclic amines) is 1. The fraction of sp³-hybridized carbons (Fsp3) is 0.588. The summed E-state index contributed by atoms with van der Waals surface area (Å²) in [4.78, 5) is 14.0. The summed E-state index contributed by atoms with van der Waals surface area (Å²) in [5.41, 5.74) is 0.373. The maximum atomic E-state index is 12.3. The van der Waals surface area contributed by atoms with Crippen molar-refractivity contribution in [3.8, 4) is 0 Å². The van der Waals surface area contributed by atoms with Gasteiger partial charge in [-0.2, -0.15) is 0 Å². The van der Waals surface area contributed by atoms with Gasteiger partial charge in [-0.1, -0.05) is 36.8 Å². The number of ether oxygens (including phenoxy) is 1. The van der Waals surface area contributed by atoms with Gasteiger partial charge in [-0.25, -0.2) is 4.79 Å². The van der Waals surface area contributed by atoms with Gasteiger partial charge in [0.1, 0.15) is 6.61 Å². The Morgan fingerprint density at radius 1 is 1.36 bits per heavy atom. The van der Waals surface area contributed by atoms with E-state index in [1.54, 1.807) is 4.90 Å². The molecule has 2 aliphatic rings. The first-order valence-corrected chi connectivity index (χ1v) is 7.89. The molecule has 3 unspecified atom stereocenters. The number of aliphatic hydroxyl groups is 2. The van der Waals surface area contributed by atoms with Gasteiger partial charge in [-0.05, 0) is 18.4 Å². The van der Waals surface area contributed by atoms with Crippen molar-refractivity contribution in [1.29, 1.82) is 0 Å². The van der Waals surface area contributed by atoms with Crippen molar-refractivity contribution >= 4 is 6.09 Å². The van der Waals surface area contributed by atoms with Gasteiger partial charge in [-0.15, -0.1) is 0 Å². The highest BCUT2D eigenvalue weighted by Crippen LogP contribution is 2.44. The molecule has 1 aliphatic carbocycles. The fourth-order valence-corrected chi connectivity index (χ4v) is 3.79. The first-order chi connectivity index (χ1) is 10.6. The van der Waals surface area contributed by atoms with E-state index in [0.717, 1.165) is 24.8 Å². The van der Waals surface area contributed by atoms with E-state index >= 15 is 0 Å². The van der Waals surface area contributed by atoms with Crippen molar-refractivity contribution in [3.05, 3.63) is 35.9 Å². The third kappa shape index (κ3) is 2.83. The van der Waals surface area contributed by atoms with Crippen LogP contribution in [0, 0.1) is 11.3 Å². The van der Waals surface area contributed by atoms with E-state index in [-0.39, 0.29) is 25.2 Å². The van der Waals surface area contributed by atoms with Gasteiger partial charge in [0.15, 0.2) is 0 Å². The molecular weight excluding hydrogens is 282 g/mol. The third-order valence-corrected chi connectivity index (χ3v) is 5.06. The Balaban J connectivity index is 1.64. The molecule has 1 aromatic rings. The molecule has 1 saturated heterocycles. The van der Waals surface area contributed by atoms with Gasteiger partial charge in [-0.3, -0.25) is 0 Å². The quantitative estimate of drug-likeness (QED) is 0.893. The minimum Gasteiger partial charge on any atom is -0.445 e. The summed E-state index contributed by atoms with van der Waals surface area (Å²) in [6, 6.07) is 9.56. The normalized spacial score (nSPS) is 30.9. The van der Waals surface area contributed by atoms with E-state index in [9.17, 15) is 15.0 Å². The molecular formula is C17H23NO4. The van der Waals surface area contributed by atoms with Crippen LogP contribution in [0.1, 0.15) is 24.8 Å². The van der Waals surface area contributed by atoms with E-state index in [1.807, 2.05) is 30.3 Å². The number of carbonyl (C=O) groups excluding carboxylic acids is 1. The Hall–Kier alpha value is -1.59. The first kappa shape index (κ1) is 15.3. The van der Waals surface area contributed by atoms with Crippen LogP contribution in [0.5, 0.6) is 0 Å². The summed E-state index contributed by atoms with van der Waals surface area (Å²) in [5.74, 6) is 0.0407. The molecule has 0 aromatic heterocycles. The predicted octanol–water partition coefficient (Wildman–Crippen LogP) is 1.78. The second kappa shape index (κ2) is 6.26. The zero-order valence-electron chi connectivity index (χ0n) is 12.6. The van der Waals surface area contributed by atoms with Crippen LogP contribution in [0.3, 0.4) is 0 Å². The van der Waals surface area contributed by atoms with Crippen molar-refractivity contribution in [3.63, 3.8) is 0 Å². The van der Waals surface area contributed by atoms with Gasteiger partial charge < -0.3 is 19.8 Å². The molecule has 3 atom stereocenters. The summed E-state index contributed by atoms with van der Waals surface area (Å²) in [5, 5.41) is 20.1. The number of benzene rings is 1. The maximum Gasteiger partial charge on any atom is 0.410 e. The highest BCUT2D eigenvalue weighted by molar-refractivity contribution is 5.68. The van der Waals surface area contributed by atoms with Crippen LogP contribution in [-0.2, 0) is 11.3 Å². The Bertz CT molecular complexity index is 521. The van der Waals surface area contributed by atoms with Crippen LogP contribution >= 0.6 is 0 Å². The lowest BCUT2D eigenvalue weighted by atomic mass is 9.65. The molecule has 120 valence electrons. The first-order valence-electron chi connectivity index (χ1n) is 7.89. The van der Waals surface area contributed by atoms with Crippen LogP contribution in [0.25, 0.3) is 0 Å². The molecule has 1 heterocycles. The molecule has 5 heteroatoms. The van der Waals surface area contributed by atoms with Crippen LogP contribution in [-0.4, -0.2) is 47.0 Å². The number of hydrogen-bond donors (Lipinski definition) is 2. The lowest BCUT2D eigenvalue weighted by molar-refractivity contribution is -0.129. The maximum absolute atomic E-state index is 12.3. The fourth-order valence-electron chi connectivity index (χ4n) is 3.79. The van der Waals surface area contributed by atoms with Crippen molar-refractivity contribution in [1.82, 2.24) is 4.90 Å². The molecule has 3 rings (SSSR count). The van der Waals surface area contributed by atoms with Gasteiger partial charge in [0, 0.05) is 24.4 Å². The lowest BCUT2D eigenvalue weighted by Gasteiger charge is -2.52. The van der Waals surface area contributed by atoms with Crippen LogP contribution < -0.4 is 0 Å². The number of hydrogen-bond acceptors (Lipinski definition) is 4. The predicted molar refractivity (Wildman–Crippen MR) is 81.1 cm³/mol. The summed E-state index contributed by atoms with van der Waals surface area (Å²) < 4.78 is 5.38. The molecule has 2 N–H and O–H groups in total. The summed E-state index contributed by atoms with van der Waals surface area (Å²) in [6.45, 7) is 1.04. The van der Waals surface area contributed by atoms with Crippen molar-refractivity contribution < 1.29 is 19.7 Å². The molecule has 1 aliphatic heterocycles. The van der Waals surface area contributed by atoms with Gasteiger partial charge >= 0.3 is 6.09 Å².